The zero-order valence-corrected chi connectivity index (χ0v) is 12.9. The SMILES string of the molecule is CC(C)C(NC(N)=O)C(=O)NC(CCS(C)(=O)=O)C(=O)O. The molecule has 0 saturated carbocycles. The number of carboxylic acids is 1. The predicted octanol–water partition coefficient (Wildman–Crippen LogP) is -1.32. The van der Waals surface area contributed by atoms with E-state index in [1.807, 2.05) is 0 Å². The largest absolute Gasteiger partial charge is 0.480 e. The fraction of sp³-hybridized carbons (Fsp3) is 0.727. The Morgan fingerprint density at radius 2 is 1.71 bits per heavy atom. The van der Waals surface area contributed by atoms with Crippen molar-refractivity contribution in [3.8, 4) is 0 Å². The van der Waals surface area contributed by atoms with Gasteiger partial charge in [-0.2, -0.15) is 0 Å². The Bertz CT molecular complexity index is 502. The number of sulfone groups is 1. The Morgan fingerprint density at radius 3 is 2.05 bits per heavy atom. The van der Waals surface area contributed by atoms with Crippen molar-refractivity contribution in [2.24, 2.45) is 11.7 Å². The van der Waals surface area contributed by atoms with Crippen molar-refractivity contribution in [3.05, 3.63) is 0 Å². The smallest absolute Gasteiger partial charge is 0.326 e. The highest BCUT2D eigenvalue weighted by Crippen LogP contribution is 2.04. The van der Waals surface area contributed by atoms with Crippen LogP contribution in [0, 0.1) is 5.92 Å². The number of hydrogen-bond acceptors (Lipinski definition) is 5. The first-order valence-electron chi connectivity index (χ1n) is 6.21. The summed E-state index contributed by atoms with van der Waals surface area (Å²) in [5, 5.41) is 13.4. The second-order valence-corrected chi connectivity index (χ2v) is 7.31. The standard InChI is InChI=1S/C11H21N3O6S/c1-6(2)8(14-11(12)18)9(15)13-7(10(16)17)4-5-21(3,19)20/h6-8H,4-5H2,1-3H3,(H,13,15)(H,16,17)(H3,12,14,18). The molecule has 0 aromatic rings. The van der Waals surface area contributed by atoms with Crippen molar-refractivity contribution in [2.45, 2.75) is 32.4 Å². The van der Waals surface area contributed by atoms with Gasteiger partial charge in [-0.05, 0) is 12.3 Å². The van der Waals surface area contributed by atoms with Crippen LogP contribution in [0.1, 0.15) is 20.3 Å². The average molecular weight is 323 g/mol. The van der Waals surface area contributed by atoms with Crippen LogP contribution < -0.4 is 16.4 Å². The Morgan fingerprint density at radius 1 is 1.19 bits per heavy atom. The first kappa shape index (κ1) is 19.2. The van der Waals surface area contributed by atoms with Crippen molar-refractivity contribution >= 4 is 27.7 Å². The summed E-state index contributed by atoms with van der Waals surface area (Å²) in [6.45, 7) is 3.29. The van der Waals surface area contributed by atoms with Crippen LogP contribution in [-0.4, -0.2) is 55.5 Å². The summed E-state index contributed by atoms with van der Waals surface area (Å²) in [6.07, 6.45) is 0.709. The number of urea groups is 1. The number of amides is 3. The maximum absolute atomic E-state index is 12.0. The molecule has 5 N–H and O–H groups in total. The summed E-state index contributed by atoms with van der Waals surface area (Å²) in [5.74, 6) is -2.78. The summed E-state index contributed by atoms with van der Waals surface area (Å²) >= 11 is 0. The van der Waals surface area contributed by atoms with Crippen LogP contribution >= 0.6 is 0 Å². The Labute approximate surface area is 123 Å². The minimum Gasteiger partial charge on any atom is -0.480 e. The number of carbonyl (C=O) groups excluding carboxylic acids is 2. The van der Waals surface area contributed by atoms with Gasteiger partial charge in [-0.3, -0.25) is 4.79 Å². The van der Waals surface area contributed by atoms with Gasteiger partial charge in [0.15, 0.2) is 0 Å². The molecule has 0 aromatic carbocycles. The number of nitrogens with one attached hydrogen (secondary N) is 2. The van der Waals surface area contributed by atoms with Gasteiger partial charge >= 0.3 is 12.0 Å². The summed E-state index contributed by atoms with van der Waals surface area (Å²) in [6, 6.07) is -3.27. The van der Waals surface area contributed by atoms with Crippen LogP contribution in [0.5, 0.6) is 0 Å². The van der Waals surface area contributed by atoms with E-state index in [0.29, 0.717) is 0 Å². The van der Waals surface area contributed by atoms with E-state index >= 15 is 0 Å². The van der Waals surface area contributed by atoms with E-state index in [4.69, 9.17) is 10.8 Å². The normalized spacial score (nSPS) is 14.3. The number of hydrogen-bond donors (Lipinski definition) is 4. The molecular weight excluding hydrogens is 302 g/mol. The molecule has 0 aliphatic carbocycles. The lowest BCUT2D eigenvalue weighted by atomic mass is 10.0. The van der Waals surface area contributed by atoms with Crippen LogP contribution in [-0.2, 0) is 19.4 Å². The minimum atomic E-state index is -3.35. The average Bonchev–Trinajstić information content (AvgIpc) is 2.28. The highest BCUT2D eigenvalue weighted by molar-refractivity contribution is 7.90. The second kappa shape index (κ2) is 7.81. The van der Waals surface area contributed by atoms with Gasteiger partial charge in [-0.1, -0.05) is 13.8 Å². The van der Waals surface area contributed by atoms with Crippen LogP contribution in [0.15, 0.2) is 0 Å². The molecule has 3 amide bonds. The highest BCUT2D eigenvalue weighted by atomic mass is 32.2. The zero-order chi connectivity index (χ0) is 16.8. The molecule has 10 heteroatoms. The number of carbonyl (C=O) groups is 3. The first-order chi connectivity index (χ1) is 9.44. The van der Waals surface area contributed by atoms with E-state index in [2.05, 4.69) is 10.6 Å². The number of rotatable bonds is 8. The number of carboxylic acid groups (broad SMARTS) is 1. The van der Waals surface area contributed by atoms with Gasteiger partial charge in [0, 0.05) is 6.26 Å². The van der Waals surface area contributed by atoms with E-state index in [0.717, 1.165) is 6.26 Å². The zero-order valence-electron chi connectivity index (χ0n) is 12.1. The molecular formula is C11H21N3O6S. The van der Waals surface area contributed by atoms with Crippen molar-refractivity contribution in [1.29, 1.82) is 0 Å². The Balaban J connectivity index is 4.86. The molecule has 0 fully saturated rings. The predicted molar refractivity (Wildman–Crippen MR) is 75.2 cm³/mol. The van der Waals surface area contributed by atoms with Crippen molar-refractivity contribution in [3.63, 3.8) is 0 Å². The van der Waals surface area contributed by atoms with Crippen molar-refractivity contribution in [2.75, 3.05) is 12.0 Å². The van der Waals surface area contributed by atoms with Gasteiger partial charge in [0.2, 0.25) is 5.91 Å². The van der Waals surface area contributed by atoms with E-state index < -0.39 is 39.8 Å². The van der Waals surface area contributed by atoms with E-state index in [1.165, 1.54) is 0 Å². The molecule has 0 spiro atoms. The summed E-state index contributed by atoms with van der Waals surface area (Å²) in [7, 11) is -3.35. The molecule has 2 unspecified atom stereocenters. The van der Waals surface area contributed by atoms with Crippen LogP contribution in [0.2, 0.25) is 0 Å². The van der Waals surface area contributed by atoms with E-state index in [1.54, 1.807) is 13.8 Å². The second-order valence-electron chi connectivity index (χ2n) is 5.05. The fourth-order valence-electron chi connectivity index (χ4n) is 1.54. The summed E-state index contributed by atoms with van der Waals surface area (Å²) in [5.41, 5.74) is 4.95. The van der Waals surface area contributed by atoms with Gasteiger partial charge in [-0.25, -0.2) is 18.0 Å². The maximum atomic E-state index is 12.0. The quantitative estimate of drug-likeness (QED) is 0.434. The third-order valence-corrected chi connectivity index (χ3v) is 3.62. The maximum Gasteiger partial charge on any atom is 0.326 e. The molecule has 21 heavy (non-hydrogen) atoms. The fourth-order valence-corrected chi connectivity index (χ4v) is 2.20. The molecule has 0 rings (SSSR count). The topological polar surface area (TPSA) is 156 Å². The lowest BCUT2D eigenvalue weighted by molar-refractivity contribution is -0.142. The molecule has 9 nitrogen and oxygen atoms in total. The third kappa shape index (κ3) is 8.12. The molecule has 0 saturated heterocycles. The summed E-state index contributed by atoms with van der Waals surface area (Å²) in [4.78, 5) is 33.8. The van der Waals surface area contributed by atoms with Crippen LogP contribution in [0.4, 0.5) is 4.79 Å². The van der Waals surface area contributed by atoms with Gasteiger partial charge < -0.3 is 21.5 Å². The molecule has 0 bridgehead atoms. The van der Waals surface area contributed by atoms with E-state index in [-0.39, 0.29) is 18.1 Å². The Hall–Kier alpha value is -1.84. The highest BCUT2D eigenvalue weighted by Gasteiger charge is 2.28. The lowest BCUT2D eigenvalue weighted by Gasteiger charge is -2.23. The van der Waals surface area contributed by atoms with Gasteiger partial charge in [0.05, 0.1) is 5.75 Å². The number of aliphatic carboxylic acids is 1. The lowest BCUT2D eigenvalue weighted by Crippen LogP contribution is -2.54. The minimum absolute atomic E-state index is 0.263. The van der Waals surface area contributed by atoms with Gasteiger partial charge in [0.1, 0.15) is 21.9 Å². The van der Waals surface area contributed by atoms with Gasteiger partial charge in [0.25, 0.3) is 0 Å². The molecule has 0 aliphatic rings. The molecule has 122 valence electrons. The summed E-state index contributed by atoms with van der Waals surface area (Å²) < 4.78 is 22.1. The molecule has 0 radical (unpaired) electrons. The van der Waals surface area contributed by atoms with Crippen molar-refractivity contribution in [1.82, 2.24) is 10.6 Å². The molecule has 0 aliphatic heterocycles. The number of nitrogens with two attached hydrogens (primary N) is 1. The molecule has 0 heterocycles. The van der Waals surface area contributed by atoms with Crippen LogP contribution in [0.25, 0.3) is 0 Å². The monoisotopic (exact) mass is 323 g/mol. The van der Waals surface area contributed by atoms with E-state index in [9.17, 15) is 22.8 Å². The molecule has 2 atom stereocenters. The number of primary amides is 1. The molecule has 0 aromatic heterocycles. The van der Waals surface area contributed by atoms with Crippen LogP contribution in [0.3, 0.4) is 0 Å². The van der Waals surface area contributed by atoms with Gasteiger partial charge in [-0.15, -0.1) is 0 Å². The first-order valence-corrected chi connectivity index (χ1v) is 8.27. The van der Waals surface area contributed by atoms with Crippen molar-refractivity contribution < 1.29 is 27.9 Å². The third-order valence-electron chi connectivity index (χ3n) is 2.64. The Kier molecular flexibility index (Phi) is 7.13.